The molecule has 0 amide bonds. The first-order valence-corrected chi connectivity index (χ1v) is 5.44. The molecule has 0 radical (unpaired) electrons. The van der Waals surface area contributed by atoms with Crippen molar-refractivity contribution in [3.8, 4) is 0 Å². The van der Waals surface area contributed by atoms with Crippen molar-refractivity contribution in [2.75, 3.05) is 12.3 Å². The van der Waals surface area contributed by atoms with Gasteiger partial charge in [0.05, 0.1) is 5.56 Å². The number of rotatable bonds is 5. The molecule has 0 aromatic carbocycles. The van der Waals surface area contributed by atoms with Gasteiger partial charge in [0.1, 0.15) is 11.9 Å². The van der Waals surface area contributed by atoms with Gasteiger partial charge in [-0.05, 0) is 25.0 Å². The third-order valence-electron chi connectivity index (χ3n) is 2.31. The fourth-order valence-corrected chi connectivity index (χ4v) is 1.53. The quantitative estimate of drug-likeness (QED) is 0.773. The number of nitrogens with two attached hydrogens (primary N) is 1. The highest BCUT2D eigenvalue weighted by atomic mass is 16.5. The molecular weight excluding hydrogens is 204 g/mol. The van der Waals surface area contributed by atoms with E-state index in [-0.39, 0.29) is 17.5 Å². The van der Waals surface area contributed by atoms with Gasteiger partial charge in [-0.3, -0.25) is 4.79 Å². The minimum atomic E-state index is -0.448. The van der Waals surface area contributed by atoms with Crippen LogP contribution in [0.3, 0.4) is 0 Å². The molecule has 1 unspecified atom stereocenters. The van der Waals surface area contributed by atoms with Gasteiger partial charge in [-0.25, -0.2) is 4.98 Å². The Labute approximate surface area is 95.8 Å². The van der Waals surface area contributed by atoms with Crippen LogP contribution in [0, 0.1) is 5.92 Å². The second kappa shape index (κ2) is 5.61. The van der Waals surface area contributed by atoms with E-state index in [1.807, 2.05) is 20.8 Å². The standard InChI is InChI=1S/C12H18N2O2/c1-4-16-11(8(2)3)10(15)9-6-5-7-14-12(9)13/h5-8,11H,4H2,1-3H3,(H2,13,14). The first kappa shape index (κ1) is 12.6. The van der Waals surface area contributed by atoms with Gasteiger partial charge in [0.2, 0.25) is 0 Å². The summed E-state index contributed by atoms with van der Waals surface area (Å²) in [4.78, 5) is 16.1. The first-order valence-electron chi connectivity index (χ1n) is 5.44. The van der Waals surface area contributed by atoms with Crippen LogP contribution >= 0.6 is 0 Å². The highest BCUT2D eigenvalue weighted by molar-refractivity contribution is 6.03. The number of carbonyl (C=O) groups excluding carboxylic acids is 1. The van der Waals surface area contributed by atoms with Crippen molar-refractivity contribution in [3.05, 3.63) is 23.9 Å². The second-order valence-corrected chi connectivity index (χ2v) is 3.92. The van der Waals surface area contributed by atoms with Gasteiger partial charge in [0.25, 0.3) is 0 Å². The molecule has 0 fully saturated rings. The smallest absolute Gasteiger partial charge is 0.195 e. The van der Waals surface area contributed by atoms with Crippen molar-refractivity contribution in [3.63, 3.8) is 0 Å². The number of Topliss-reactive ketones (excluding diaryl/α,β-unsaturated/α-hetero) is 1. The zero-order valence-corrected chi connectivity index (χ0v) is 9.93. The van der Waals surface area contributed by atoms with E-state index in [0.717, 1.165) is 0 Å². The minimum Gasteiger partial charge on any atom is -0.383 e. The van der Waals surface area contributed by atoms with E-state index in [9.17, 15) is 4.79 Å². The van der Waals surface area contributed by atoms with Crippen LogP contribution in [0.15, 0.2) is 18.3 Å². The van der Waals surface area contributed by atoms with E-state index >= 15 is 0 Å². The fraction of sp³-hybridized carbons (Fsp3) is 0.500. The molecule has 0 spiro atoms. The first-order chi connectivity index (χ1) is 7.57. The lowest BCUT2D eigenvalue weighted by atomic mass is 9.98. The fourth-order valence-electron chi connectivity index (χ4n) is 1.53. The van der Waals surface area contributed by atoms with Crippen molar-refractivity contribution in [2.45, 2.75) is 26.9 Å². The molecule has 2 N–H and O–H groups in total. The molecule has 1 heterocycles. The van der Waals surface area contributed by atoms with Gasteiger partial charge in [-0.1, -0.05) is 13.8 Å². The zero-order valence-electron chi connectivity index (χ0n) is 9.93. The largest absolute Gasteiger partial charge is 0.383 e. The maximum absolute atomic E-state index is 12.2. The Kier molecular flexibility index (Phi) is 4.43. The lowest BCUT2D eigenvalue weighted by Crippen LogP contribution is -2.30. The Morgan fingerprint density at radius 3 is 2.75 bits per heavy atom. The molecule has 0 aliphatic rings. The van der Waals surface area contributed by atoms with Crippen LogP contribution in [0.5, 0.6) is 0 Å². The number of aromatic nitrogens is 1. The van der Waals surface area contributed by atoms with Crippen molar-refractivity contribution in [2.24, 2.45) is 5.92 Å². The summed E-state index contributed by atoms with van der Waals surface area (Å²) >= 11 is 0. The Morgan fingerprint density at radius 1 is 1.56 bits per heavy atom. The topological polar surface area (TPSA) is 65.2 Å². The average molecular weight is 222 g/mol. The number of ether oxygens (including phenoxy) is 1. The van der Waals surface area contributed by atoms with E-state index in [1.165, 1.54) is 0 Å². The SMILES string of the molecule is CCOC(C(=O)c1cccnc1N)C(C)C. The molecule has 1 aromatic heterocycles. The van der Waals surface area contributed by atoms with Gasteiger partial charge >= 0.3 is 0 Å². The Bertz CT molecular complexity index is 364. The Morgan fingerprint density at radius 2 is 2.25 bits per heavy atom. The molecule has 1 aromatic rings. The maximum Gasteiger partial charge on any atom is 0.195 e. The second-order valence-electron chi connectivity index (χ2n) is 3.92. The van der Waals surface area contributed by atoms with Crippen molar-refractivity contribution >= 4 is 11.6 Å². The van der Waals surface area contributed by atoms with E-state index in [4.69, 9.17) is 10.5 Å². The molecular formula is C12H18N2O2. The molecule has 1 rings (SSSR count). The molecule has 0 aliphatic heterocycles. The highest BCUT2D eigenvalue weighted by Crippen LogP contribution is 2.17. The van der Waals surface area contributed by atoms with E-state index < -0.39 is 6.10 Å². The van der Waals surface area contributed by atoms with Crippen LogP contribution < -0.4 is 5.73 Å². The van der Waals surface area contributed by atoms with Crippen molar-refractivity contribution in [1.82, 2.24) is 4.98 Å². The van der Waals surface area contributed by atoms with Crippen molar-refractivity contribution < 1.29 is 9.53 Å². The van der Waals surface area contributed by atoms with Crippen LogP contribution in [0.25, 0.3) is 0 Å². The lowest BCUT2D eigenvalue weighted by Gasteiger charge is -2.19. The highest BCUT2D eigenvalue weighted by Gasteiger charge is 2.25. The molecule has 0 saturated carbocycles. The summed E-state index contributed by atoms with van der Waals surface area (Å²) in [5.41, 5.74) is 6.11. The molecule has 1 atom stereocenters. The van der Waals surface area contributed by atoms with Crippen LogP contribution in [-0.4, -0.2) is 23.5 Å². The summed E-state index contributed by atoms with van der Waals surface area (Å²) in [6.45, 7) is 6.28. The normalized spacial score (nSPS) is 12.8. The predicted molar refractivity (Wildman–Crippen MR) is 63.2 cm³/mol. The predicted octanol–water partition coefficient (Wildman–Crippen LogP) is 1.91. The van der Waals surface area contributed by atoms with Gasteiger partial charge in [-0.2, -0.15) is 0 Å². The zero-order chi connectivity index (χ0) is 12.1. The Hall–Kier alpha value is -1.42. The summed E-state index contributed by atoms with van der Waals surface area (Å²) in [6, 6.07) is 3.38. The number of anilines is 1. The Balaban J connectivity index is 2.95. The van der Waals surface area contributed by atoms with E-state index in [0.29, 0.717) is 12.2 Å². The molecule has 0 saturated heterocycles. The van der Waals surface area contributed by atoms with Crippen LogP contribution in [0.4, 0.5) is 5.82 Å². The van der Waals surface area contributed by atoms with Crippen LogP contribution in [0.2, 0.25) is 0 Å². The number of nitrogen functional groups attached to an aromatic ring is 1. The molecule has 88 valence electrons. The van der Waals surface area contributed by atoms with E-state index in [2.05, 4.69) is 4.98 Å². The number of hydrogen-bond acceptors (Lipinski definition) is 4. The summed E-state index contributed by atoms with van der Waals surface area (Å²) in [5.74, 6) is 0.285. The molecule has 4 heteroatoms. The number of hydrogen-bond donors (Lipinski definition) is 1. The van der Waals surface area contributed by atoms with Gasteiger partial charge < -0.3 is 10.5 Å². The number of ketones is 1. The summed E-state index contributed by atoms with van der Waals surface area (Å²) < 4.78 is 5.44. The summed E-state index contributed by atoms with van der Waals surface area (Å²) in [7, 11) is 0. The average Bonchev–Trinajstić information content (AvgIpc) is 2.25. The van der Waals surface area contributed by atoms with Gasteiger partial charge in [0, 0.05) is 12.8 Å². The molecule has 4 nitrogen and oxygen atoms in total. The summed E-state index contributed by atoms with van der Waals surface area (Å²) in [5, 5.41) is 0. The number of pyridine rings is 1. The third-order valence-corrected chi connectivity index (χ3v) is 2.31. The molecule has 0 aliphatic carbocycles. The van der Waals surface area contributed by atoms with E-state index in [1.54, 1.807) is 18.3 Å². The van der Waals surface area contributed by atoms with Gasteiger partial charge in [0.15, 0.2) is 5.78 Å². The third kappa shape index (κ3) is 2.79. The van der Waals surface area contributed by atoms with Crippen LogP contribution in [0.1, 0.15) is 31.1 Å². The molecule has 0 bridgehead atoms. The van der Waals surface area contributed by atoms with Crippen molar-refractivity contribution in [1.29, 1.82) is 0 Å². The van der Waals surface area contributed by atoms with Gasteiger partial charge in [-0.15, -0.1) is 0 Å². The summed E-state index contributed by atoms with van der Waals surface area (Å²) in [6.07, 6.45) is 1.12. The molecule has 16 heavy (non-hydrogen) atoms. The number of nitrogens with zero attached hydrogens (tertiary/aromatic N) is 1. The maximum atomic E-state index is 12.2. The minimum absolute atomic E-state index is 0.0950. The number of carbonyl (C=O) groups is 1. The lowest BCUT2D eigenvalue weighted by molar-refractivity contribution is 0.0280. The monoisotopic (exact) mass is 222 g/mol. The van der Waals surface area contributed by atoms with Crippen LogP contribution in [-0.2, 0) is 4.74 Å².